The Labute approximate surface area is 163 Å². The van der Waals surface area contributed by atoms with Gasteiger partial charge in [-0.1, -0.05) is 0 Å². The van der Waals surface area contributed by atoms with E-state index in [0.29, 0.717) is 29.8 Å². The van der Waals surface area contributed by atoms with Gasteiger partial charge in [0.25, 0.3) is 0 Å². The lowest BCUT2D eigenvalue weighted by atomic mass is 10.2. The van der Waals surface area contributed by atoms with Crippen LogP contribution in [0, 0.1) is 26.7 Å². The number of nitrogens with zero attached hydrogens (tertiary/aromatic N) is 4. The first-order valence-electron chi connectivity index (χ1n) is 9.44. The van der Waals surface area contributed by atoms with E-state index >= 15 is 0 Å². The summed E-state index contributed by atoms with van der Waals surface area (Å²) in [6.07, 6.45) is 2.94. The van der Waals surface area contributed by atoms with Crippen LogP contribution in [0.2, 0.25) is 0 Å². The van der Waals surface area contributed by atoms with Gasteiger partial charge in [0.2, 0.25) is 11.8 Å². The van der Waals surface area contributed by atoms with Crippen LogP contribution in [0.15, 0.2) is 36.4 Å². The van der Waals surface area contributed by atoms with E-state index in [0.717, 1.165) is 22.6 Å². The molecule has 3 aromatic rings. The van der Waals surface area contributed by atoms with Gasteiger partial charge < -0.3 is 10.1 Å². The molecule has 1 amide bonds. The molecule has 2 heterocycles. The average molecular weight is 377 g/mol. The predicted octanol–water partition coefficient (Wildman–Crippen LogP) is 4.12. The number of aromatic nitrogens is 4. The molecule has 0 spiro atoms. The quantitative estimate of drug-likeness (QED) is 0.699. The van der Waals surface area contributed by atoms with Gasteiger partial charge in [-0.15, -0.1) is 10.2 Å². The summed E-state index contributed by atoms with van der Waals surface area (Å²) < 4.78 is 7.53. The Bertz CT molecular complexity index is 989. The van der Waals surface area contributed by atoms with Crippen LogP contribution in [0.25, 0.3) is 5.82 Å². The fraction of sp³-hybridized carbons (Fsp3) is 0.333. The van der Waals surface area contributed by atoms with Gasteiger partial charge in [-0.2, -0.15) is 5.10 Å². The normalized spacial score (nSPS) is 13.4. The molecule has 4 rings (SSSR count). The van der Waals surface area contributed by atoms with Gasteiger partial charge in [-0.3, -0.25) is 4.79 Å². The second-order valence-electron chi connectivity index (χ2n) is 7.26. The van der Waals surface area contributed by atoms with Crippen LogP contribution >= 0.6 is 0 Å². The highest BCUT2D eigenvalue weighted by molar-refractivity contribution is 5.91. The molecule has 1 aliphatic rings. The van der Waals surface area contributed by atoms with Crippen molar-refractivity contribution >= 4 is 11.6 Å². The topological polar surface area (TPSA) is 81.9 Å². The highest BCUT2D eigenvalue weighted by Crippen LogP contribution is 2.32. The number of ether oxygens (including phenoxy) is 1. The Kier molecular flexibility index (Phi) is 4.81. The first-order valence-corrected chi connectivity index (χ1v) is 9.44. The Balaban J connectivity index is 1.39. The first kappa shape index (κ1) is 18.2. The SMILES string of the molecule is Cc1nn(-c2ccc(Oc3ccc(NC(=O)CC4CC4)cc3)nn2)c(C)c1C. The highest BCUT2D eigenvalue weighted by Gasteiger charge is 2.24. The van der Waals surface area contributed by atoms with Crippen molar-refractivity contribution in [2.24, 2.45) is 5.92 Å². The molecule has 1 N–H and O–H groups in total. The molecular weight excluding hydrogens is 354 g/mol. The van der Waals surface area contributed by atoms with Crippen molar-refractivity contribution in [3.8, 4) is 17.4 Å². The Morgan fingerprint density at radius 1 is 1.11 bits per heavy atom. The van der Waals surface area contributed by atoms with Crippen LogP contribution in [0.1, 0.15) is 36.2 Å². The van der Waals surface area contributed by atoms with Crippen molar-refractivity contribution in [1.29, 1.82) is 0 Å². The molecule has 144 valence electrons. The third-order valence-electron chi connectivity index (χ3n) is 5.03. The van der Waals surface area contributed by atoms with Crippen molar-refractivity contribution in [3.63, 3.8) is 0 Å². The first-order chi connectivity index (χ1) is 13.5. The summed E-state index contributed by atoms with van der Waals surface area (Å²) in [6, 6.07) is 10.8. The van der Waals surface area contributed by atoms with Crippen LogP contribution in [-0.4, -0.2) is 25.9 Å². The van der Waals surface area contributed by atoms with Crippen molar-refractivity contribution in [2.75, 3.05) is 5.32 Å². The van der Waals surface area contributed by atoms with Crippen LogP contribution < -0.4 is 10.1 Å². The van der Waals surface area contributed by atoms with E-state index in [9.17, 15) is 4.79 Å². The number of amides is 1. The maximum Gasteiger partial charge on any atom is 0.238 e. The summed E-state index contributed by atoms with van der Waals surface area (Å²) in [7, 11) is 0. The molecule has 0 bridgehead atoms. The van der Waals surface area contributed by atoms with Gasteiger partial charge >= 0.3 is 0 Å². The molecule has 1 fully saturated rings. The second kappa shape index (κ2) is 7.42. The standard InChI is InChI=1S/C21H23N5O2/c1-13-14(2)25-26(15(13)3)19-10-11-21(24-23-19)28-18-8-6-17(7-9-18)22-20(27)12-16-4-5-16/h6-11,16H,4-5,12H2,1-3H3,(H,22,27). The molecule has 7 heteroatoms. The Hall–Kier alpha value is -3.22. The summed E-state index contributed by atoms with van der Waals surface area (Å²) in [5, 5.41) is 15.8. The summed E-state index contributed by atoms with van der Waals surface area (Å²) in [4.78, 5) is 11.9. The van der Waals surface area contributed by atoms with E-state index < -0.39 is 0 Å². The number of rotatable bonds is 6. The Morgan fingerprint density at radius 3 is 2.43 bits per heavy atom. The van der Waals surface area contributed by atoms with Gasteiger partial charge in [0.15, 0.2) is 5.82 Å². The van der Waals surface area contributed by atoms with Gasteiger partial charge in [-0.25, -0.2) is 4.68 Å². The molecule has 0 unspecified atom stereocenters. The zero-order valence-electron chi connectivity index (χ0n) is 16.3. The van der Waals surface area contributed by atoms with Crippen molar-refractivity contribution in [1.82, 2.24) is 20.0 Å². The van der Waals surface area contributed by atoms with Crippen LogP contribution in [0.4, 0.5) is 5.69 Å². The lowest BCUT2D eigenvalue weighted by Gasteiger charge is -2.08. The zero-order valence-corrected chi connectivity index (χ0v) is 16.3. The van der Waals surface area contributed by atoms with Crippen LogP contribution in [-0.2, 0) is 4.79 Å². The summed E-state index contributed by atoms with van der Waals surface area (Å²) >= 11 is 0. The number of carbonyl (C=O) groups is 1. The Morgan fingerprint density at radius 2 is 1.86 bits per heavy atom. The molecule has 7 nitrogen and oxygen atoms in total. The van der Waals surface area contributed by atoms with Crippen LogP contribution in [0.3, 0.4) is 0 Å². The van der Waals surface area contributed by atoms with E-state index in [1.54, 1.807) is 22.9 Å². The third-order valence-corrected chi connectivity index (χ3v) is 5.03. The number of carbonyl (C=O) groups excluding carboxylic acids is 1. The van der Waals surface area contributed by atoms with E-state index in [4.69, 9.17) is 4.74 Å². The molecule has 0 saturated heterocycles. The van der Waals surface area contributed by atoms with Gasteiger partial charge in [0.05, 0.1) is 5.69 Å². The monoisotopic (exact) mass is 377 g/mol. The number of benzene rings is 1. The minimum atomic E-state index is 0.0667. The number of anilines is 1. The van der Waals surface area contributed by atoms with Crippen molar-refractivity contribution < 1.29 is 9.53 Å². The second-order valence-corrected chi connectivity index (χ2v) is 7.26. The minimum Gasteiger partial charge on any atom is -0.438 e. The van der Waals surface area contributed by atoms with Crippen molar-refractivity contribution in [3.05, 3.63) is 53.3 Å². The summed E-state index contributed by atoms with van der Waals surface area (Å²) in [5.41, 5.74) is 3.93. The smallest absolute Gasteiger partial charge is 0.238 e. The minimum absolute atomic E-state index is 0.0667. The third kappa shape index (κ3) is 4.03. The van der Waals surface area contributed by atoms with Gasteiger partial charge in [-0.05, 0) is 75.4 Å². The molecule has 1 aliphatic carbocycles. The number of nitrogens with one attached hydrogen (secondary N) is 1. The van der Waals surface area contributed by atoms with Gasteiger partial charge in [0, 0.05) is 23.9 Å². The lowest BCUT2D eigenvalue weighted by Crippen LogP contribution is -2.11. The fourth-order valence-electron chi connectivity index (χ4n) is 2.95. The number of hydrogen-bond donors (Lipinski definition) is 1. The van der Waals surface area contributed by atoms with E-state index in [2.05, 4.69) is 20.6 Å². The van der Waals surface area contributed by atoms with E-state index in [1.165, 1.54) is 12.8 Å². The number of aryl methyl sites for hydroxylation is 1. The summed E-state index contributed by atoms with van der Waals surface area (Å²) in [5.74, 6) is 2.31. The highest BCUT2D eigenvalue weighted by atomic mass is 16.5. The molecular formula is C21H23N5O2. The van der Waals surface area contributed by atoms with Gasteiger partial charge in [0.1, 0.15) is 5.75 Å². The molecule has 2 aromatic heterocycles. The molecule has 1 saturated carbocycles. The lowest BCUT2D eigenvalue weighted by molar-refractivity contribution is -0.116. The average Bonchev–Trinajstić information content (AvgIpc) is 3.46. The largest absolute Gasteiger partial charge is 0.438 e. The number of hydrogen-bond acceptors (Lipinski definition) is 5. The summed E-state index contributed by atoms with van der Waals surface area (Å²) in [6.45, 7) is 6.02. The fourth-order valence-corrected chi connectivity index (χ4v) is 2.95. The van der Waals surface area contributed by atoms with E-state index in [1.807, 2.05) is 39.0 Å². The maximum atomic E-state index is 11.9. The molecule has 28 heavy (non-hydrogen) atoms. The van der Waals surface area contributed by atoms with Crippen molar-refractivity contribution in [2.45, 2.75) is 40.0 Å². The molecule has 0 aliphatic heterocycles. The molecule has 0 atom stereocenters. The van der Waals surface area contributed by atoms with Crippen LogP contribution in [0.5, 0.6) is 11.6 Å². The predicted molar refractivity (Wildman–Crippen MR) is 106 cm³/mol. The zero-order chi connectivity index (χ0) is 19.7. The maximum absolute atomic E-state index is 11.9. The molecule has 0 radical (unpaired) electrons. The van der Waals surface area contributed by atoms with E-state index in [-0.39, 0.29) is 5.91 Å². The molecule has 1 aromatic carbocycles.